The van der Waals surface area contributed by atoms with Gasteiger partial charge in [-0.3, -0.25) is 4.90 Å². The molecule has 0 saturated carbocycles. The molecular weight excluding hydrogens is 292 g/mol. The van der Waals surface area contributed by atoms with Crippen LogP contribution in [0.15, 0.2) is 24.3 Å². The smallest absolute Gasteiger partial charge is 0.410 e. The molecule has 23 heavy (non-hydrogen) atoms. The highest BCUT2D eigenvalue weighted by molar-refractivity contribution is 5.68. The molecular formula is C18H26N2O3. The zero-order valence-corrected chi connectivity index (χ0v) is 14.2. The minimum atomic E-state index is -0.440. The van der Waals surface area contributed by atoms with Crippen molar-refractivity contribution in [2.24, 2.45) is 0 Å². The van der Waals surface area contributed by atoms with Crippen LogP contribution in [0.25, 0.3) is 0 Å². The molecule has 1 amide bonds. The summed E-state index contributed by atoms with van der Waals surface area (Å²) in [5.74, 6) is 0.998. The number of hydrogen-bond acceptors (Lipinski definition) is 4. The van der Waals surface area contributed by atoms with Crippen LogP contribution in [-0.2, 0) is 11.2 Å². The minimum absolute atomic E-state index is 0.116. The van der Waals surface area contributed by atoms with E-state index in [2.05, 4.69) is 17.0 Å². The number of carbonyl (C=O) groups is 1. The minimum Gasteiger partial charge on any atom is -0.475 e. The maximum Gasteiger partial charge on any atom is 0.410 e. The molecule has 0 spiro atoms. The number of piperazine rings is 1. The molecule has 126 valence electrons. The van der Waals surface area contributed by atoms with Gasteiger partial charge in [-0.05, 0) is 38.8 Å². The zero-order valence-electron chi connectivity index (χ0n) is 14.2. The van der Waals surface area contributed by atoms with Gasteiger partial charge in [-0.1, -0.05) is 18.2 Å². The summed E-state index contributed by atoms with van der Waals surface area (Å²) in [4.78, 5) is 16.2. The molecule has 0 aliphatic carbocycles. The number of ether oxygens (including phenoxy) is 2. The highest BCUT2D eigenvalue weighted by Gasteiger charge is 2.31. The second kappa shape index (κ2) is 6.40. The average molecular weight is 318 g/mol. The first-order valence-electron chi connectivity index (χ1n) is 8.39. The van der Waals surface area contributed by atoms with Crippen LogP contribution >= 0.6 is 0 Å². The number of carbonyl (C=O) groups excluding carboxylic acids is 1. The number of nitrogens with zero attached hydrogens (tertiary/aromatic N) is 2. The summed E-state index contributed by atoms with van der Waals surface area (Å²) >= 11 is 0. The van der Waals surface area contributed by atoms with Crippen LogP contribution in [-0.4, -0.2) is 53.9 Å². The van der Waals surface area contributed by atoms with Crippen LogP contribution < -0.4 is 4.74 Å². The summed E-state index contributed by atoms with van der Waals surface area (Å²) in [5, 5.41) is 0. The monoisotopic (exact) mass is 318 g/mol. The summed E-state index contributed by atoms with van der Waals surface area (Å²) < 4.78 is 11.6. The van der Waals surface area contributed by atoms with E-state index in [4.69, 9.17) is 9.47 Å². The van der Waals surface area contributed by atoms with Crippen molar-refractivity contribution in [3.05, 3.63) is 29.8 Å². The van der Waals surface area contributed by atoms with Gasteiger partial charge in [-0.2, -0.15) is 0 Å². The van der Waals surface area contributed by atoms with Crippen molar-refractivity contribution in [2.45, 2.75) is 45.4 Å². The zero-order chi connectivity index (χ0) is 16.4. The highest BCUT2D eigenvalue weighted by Crippen LogP contribution is 2.28. The van der Waals surface area contributed by atoms with Gasteiger partial charge in [0, 0.05) is 32.6 Å². The fourth-order valence-electron chi connectivity index (χ4n) is 3.09. The van der Waals surface area contributed by atoms with Gasteiger partial charge in [-0.15, -0.1) is 0 Å². The first-order valence-corrected chi connectivity index (χ1v) is 8.39. The van der Waals surface area contributed by atoms with Gasteiger partial charge >= 0.3 is 6.09 Å². The van der Waals surface area contributed by atoms with Crippen molar-refractivity contribution in [3.8, 4) is 5.75 Å². The standard InChI is InChI=1S/C18H26N2O3/c1-18(2,3)23-17(21)20-12-10-19(11-13-20)16-9-8-14-6-4-5-7-15(14)22-16/h4-7,16H,8-13H2,1-3H3. The second-order valence-electron chi connectivity index (χ2n) is 7.22. The Morgan fingerprint density at radius 1 is 1.17 bits per heavy atom. The van der Waals surface area contributed by atoms with Gasteiger partial charge in [0.05, 0.1) is 0 Å². The first-order chi connectivity index (χ1) is 10.9. The molecule has 2 aliphatic rings. The normalized spacial score (nSPS) is 22.2. The molecule has 2 aliphatic heterocycles. The maximum absolute atomic E-state index is 12.1. The number of fused-ring (bicyclic) bond motifs is 1. The fourth-order valence-corrected chi connectivity index (χ4v) is 3.09. The number of benzene rings is 1. The SMILES string of the molecule is CC(C)(C)OC(=O)N1CCN(C2CCc3ccccc3O2)CC1. The number of aryl methyl sites for hydroxylation is 1. The molecule has 0 radical (unpaired) electrons. The highest BCUT2D eigenvalue weighted by atomic mass is 16.6. The second-order valence-corrected chi connectivity index (χ2v) is 7.22. The summed E-state index contributed by atoms with van der Waals surface area (Å²) in [6.07, 6.45) is 1.95. The van der Waals surface area contributed by atoms with E-state index in [1.165, 1.54) is 5.56 Å². The first kappa shape index (κ1) is 16.1. The van der Waals surface area contributed by atoms with Crippen LogP contribution in [0.2, 0.25) is 0 Å². The number of amides is 1. The van der Waals surface area contributed by atoms with E-state index < -0.39 is 5.60 Å². The lowest BCUT2D eigenvalue weighted by Crippen LogP contribution is -2.54. The Kier molecular flexibility index (Phi) is 4.48. The van der Waals surface area contributed by atoms with Crippen molar-refractivity contribution in [2.75, 3.05) is 26.2 Å². The van der Waals surface area contributed by atoms with Crippen molar-refractivity contribution in [3.63, 3.8) is 0 Å². The van der Waals surface area contributed by atoms with Gasteiger partial charge in [-0.25, -0.2) is 4.79 Å². The molecule has 5 heteroatoms. The van der Waals surface area contributed by atoms with E-state index in [1.807, 2.05) is 32.9 Å². The molecule has 0 N–H and O–H groups in total. The molecule has 1 saturated heterocycles. The third-order valence-corrected chi connectivity index (χ3v) is 4.27. The van der Waals surface area contributed by atoms with Gasteiger partial charge in [0.15, 0.2) is 6.23 Å². The van der Waals surface area contributed by atoms with E-state index in [1.54, 1.807) is 4.90 Å². The topological polar surface area (TPSA) is 42.0 Å². The number of rotatable bonds is 1. The van der Waals surface area contributed by atoms with Crippen LogP contribution in [0.1, 0.15) is 32.8 Å². The summed E-state index contributed by atoms with van der Waals surface area (Å²) in [6, 6.07) is 8.24. The van der Waals surface area contributed by atoms with E-state index in [0.29, 0.717) is 13.1 Å². The van der Waals surface area contributed by atoms with Crippen LogP contribution in [0.5, 0.6) is 5.75 Å². The molecule has 1 atom stereocenters. The quantitative estimate of drug-likeness (QED) is 0.798. The Bertz CT molecular complexity index is 560. The lowest BCUT2D eigenvalue weighted by atomic mass is 10.0. The molecule has 0 aromatic heterocycles. The maximum atomic E-state index is 12.1. The molecule has 5 nitrogen and oxygen atoms in total. The van der Waals surface area contributed by atoms with Crippen LogP contribution in [0.4, 0.5) is 4.79 Å². The van der Waals surface area contributed by atoms with E-state index in [-0.39, 0.29) is 12.3 Å². The lowest BCUT2D eigenvalue weighted by Gasteiger charge is -2.40. The van der Waals surface area contributed by atoms with Crippen molar-refractivity contribution in [1.29, 1.82) is 0 Å². The Morgan fingerprint density at radius 2 is 1.87 bits per heavy atom. The Hall–Kier alpha value is -1.75. The average Bonchev–Trinajstić information content (AvgIpc) is 2.53. The summed E-state index contributed by atoms with van der Waals surface area (Å²) in [6.45, 7) is 8.72. The van der Waals surface area contributed by atoms with Crippen molar-refractivity contribution in [1.82, 2.24) is 9.80 Å². The van der Waals surface area contributed by atoms with Gasteiger partial charge < -0.3 is 14.4 Å². The van der Waals surface area contributed by atoms with Gasteiger partial charge in [0.25, 0.3) is 0 Å². The molecule has 0 bridgehead atoms. The van der Waals surface area contributed by atoms with Crippen LogP contribution in [0.3, 0.4) is 0 Å². The summed E-state index contributed by atoms with van der Waals surface area (Å²) in [5.41, 5.74) is 0.848. The summed E-state index contributed by atoms with van der Waals surface area (Å²) in [7, 11) is 0. The Labute approximate surface area is 138 Å². The molecule has 1 unspecified atom stereocenters. The Morgan fingerprint density at radius 3 is 2.57 bits per heavy atom. The van der Waals surface area contributed by atoms with Crippen molar-refractivity contribution >= 4 is 6.09 Å². The largest absolute Gasteiger partial charge is 0.475 e. The van der Waals surface area contributed by atoms with Gasteiger partial charge in [0.1, 0.15) is 11.4 Å². The Balaban J connectivity index is 1.53. The lowest BCUT2D eigenvalue weighted by molar-refractivity contribution is -0.0293. The van der Waals surface area contributed by atoms with E-state index in [0.717, 1.165) is 31.7 Å². The van der Waals surface area contributed by atoms with E-state index in [9.17, 15) is 4.79 Å². The third-order valence-electron chi connectivity index (χ3n) is 4.27. The molecule has 1 aromatic rings. The van der Waals surface area contributed by atoms with Crippen molar-refractivity contribution < 1.29 is 14.3 Å². The number of para-hydroxylation sites is 1. The molecule has 2 heterocycles. The molecule has 3 rings (SSSR count). The molecule has 1 aromatic carbocycles. The number of hydrogen-bond donors (Lipinski definition) is 0. The predicted octanol–water partition coefficient (Wildman–Crippen LogP) is 2.89. The van der Waals surface area contributed by atoms with Crippen LogP contribution in [0, 0.1) is 0 Å². The molecule has 1 fully saturated rings. The predicted molar refractivity (Wildman–Crippen MR) is 88.6 cm³/mol. The third kappa shape index (κ3) is 3.96. The van der Waals surface area contributed by atoms with E-state index >= 15 is 0 Å². The fraction of sp³-hybridized carbons (Fsp3) is 0.611. The van der Waals surface area contributed by atoms with Gasteiger partial charge in [0.2, 0.25) is 0 Å².